The maximum atomic E-state index is 10.9. The first-order valence-electron chi connectivity index (χ1n) is 4.51. The Morgan fingerprint density at radius 1 is 1.60 bits per heavy atom. The Morgan fingerprint density at radius 3 is 2.93 bits per heavy atom. The second kappa shape index (κ2) is 5.01. The summed E-state index contributed by atoms with van der Waals surface area (Å²) in [6.07, 6.45) is 1.48. The van der Waals surface area contributed by atoms with Crippen LogP contribution >= 0.6 is 0 Å². The molecular weight excluding hydrogens is 194 g/mol. The van der Waals surface area contributed by atoms with Crippen molar-refractivity contribution in [1.29, 1.82) is 0 Å². The molecule has 0 atom stereocenters. The number of rotatable bonds is 1. The van der Waals surface area contributed by atoms with E-state index in [1.54, 1.807) is 13.8 Å². The molecule has 1 aromatic heterocycles. The molecule has 4 nitrogen and oxygen atoms in total. The first-order chi connectivity index (χ1) is 7.13. The molecule has 4 heteroatoms. The second-order valence-electron chi connectivity index (χ2n) is 2.86. The lowest BCUT2D eigenvalue weighted by atomic mass is 10.2. The number of aryl methyl sites for hydroxylation is 1. The zero-order valence-electron chi connectivity index (χ0n) is 8.59. The maximum absolute atomic E-state index is 10.9. The minimum atomic E-state index is -0.567. The second-order valence-corrected chi connectivity index (χ2v) is 2.86. The smallest absolute Gasteiger partial charge is 0.384 e. The van der Waals surface area contributed by atoms with Crippen LogP contribution in [-0.4, -0.2) is 17.6 Å². The average Bonchev–Trinajstić information content (AvgIpc) is 2.17. The van der Waals surface area contributed by atoms with E-state index in [1.807, 2.05) is 0 Å². The third-order valence-electron chi connectivity index (χ3n) is 1.71. The maximum Gasteiger partial charge on any atom is 0.384 e. The molecule has 0 amide bonds. The van der Waals surface area contributed by atoms with Gasteiger partial charge in [0.15, 0.2) is 0 Å². The molecule has 0 aliphatic rings. The Hall–Kier alpha value is -2.02. The highest BCUT2D eigenvalue weighted by molar-refractivity contribution is 5.89. The van der Waals surface area contributed by atoms with Crippen LogP contribution in [0.15, 0.2) is 17.1 Å². The van der Waals surface area contributed by atoms with Gasteiger partial charge in [0, 0.05) is 23.7 Å². The van der Waals surface area contributed by atoms with Crippen LogP contribution in [0.4, 0.5) is 0 Å². The summed E-state index contributed by atoms with van der Waals surface area (Å²) in [4.78, 5) is 24.3. The van der Waals surface area contributed by atoms with Crippen LogP contribution in [-0.2, 0) is 9.53 Å². The van der Waals surface area contributed by atoms with Gasteiger partial charge in [-0.3, -0.25) is 4.79 Å². The van der Waals surface area contributed by atoms with Gasteiger partial charge in [0.1, 0.15) is 0 Å². The van der Waals surface area contributed by atoms with Gasteiger partial charge in [-0.15, -0.1) is 0 Å². The summed E-state index contributed by atoms with van der Waals surface area (Å²) in [6.45, 7) is 3.77. The summed E-state index contributed by atoms with van der Waals surface area (Å²) in [5.41, 5.74) is 1.16. The van der Waals surface area contributed by atoms with Gasteiger partial charge in [0.25, 0.3) is 0 Å². The van der Waals surface area contributed by atoms with Crippen LogP contribution in [0.5, 0.6) is 0 Å². The molecule has 0 fully saturated rings. The number of aromatic nitrogens is 1. The van der Waals surface area contributed by atoms with E-state index in [-0.39, 0.29) is 5.56 Å². The molecule has 0 unspecified atom stereocenters. The van der Waals surface area contributed by atoms with Crippen molar-refractivity contribution in [3.05, 3.63) is 33.7 Å². The third kappa shape index (κ3) is 3.31. The lowest BCUT2D eigenvalue weighted by Gasteiger charge is -1.95. The van der Waals surface area contributed by atoms with Gasteiger partial charge in [-0.25, -0.2) is 4.79 Å². The summed E-state index contributed by atoms with van der Waals surface area (Å²) in [6, 6.07) is 1.43. The minimum Gasteiger partial charge on any atom is -0.456 e. The van der Waals surface area contributed by atoms with E-state index in [9.17, 15) is 9.59 Å². The highest BCUT2D eigenvalue weighted by Crippen LogP contribution is 1.99. The van der Waals surface area contributed by atoms with Gasteiger partial charge in [-0.05, 0) is 19.4 Å². The molecule has 1 aromatic rings. The van der Waals surface area contributed by atoms with Crippen molar-refractivity contribution in [2.24, 2.45) is 0 Å². The van der Waals surface area contributed by atoms with E-state index in [0.29, 0.717) is 12.2 Å². The Kier molecular flexibility index (Phi) is 3.69. The fraction of sp³-hybridized carbons (Fsp3) is 0.273. The number of pyridine rings is 1. The lowest BCUT2D eigenvalue weighted by molar-refractivity contribution is -0.136. The first kappa shape index (κ1) is 11.1. The molecular formula is C11H11NO3. The van der Waals surface area contributed by atoms with Crippen molar-refractivity contribution < 1.29 is 9.53 Å². The van der Waals surface area contributed by atoms with Crippen molar-refractivity contribution >= 4 is 5.97 Å². The molecule has 0 radical (unpaired) electrons. The van der Waals surface area contributed by atoms with Gasteiger partial charge in [-0.1, -0.05) is 5.92 Å². The Morgan fingerprint density at radius 2 is 2.33 bits per heavy atom. The minimum absolute atomic E-state index is 0.186. The quantitative estimate of drug-likeness (QED) is 0.539. The van der Waals surface area contributed by atoms with E-state index in [4.69, 9.17) is 0 Å². The van der Waals surface area contributed by atoms with Gasteiger partial charge < -0.3 is 9.72 Å². The van der Waals surface area contributed by atoms with E-state index in [2.05, 4.69) is 21.6 Å². The number of hydrogen-bond donors (Lipinski definition) is 1. The molecule has 1 N–H and O–H groups in total. The molecule has 0 saturated carbocycles. The van der Waals surface area contributed by atoms with Crippen LogP contribution < -0.4 is 5.56 Å². The number of carbonyl (C=O) groups is 1. The monoisotopic (exact) mass is 205 g/mol. The molecule has 0 aliphatic carbocycles. The third-order valence-corrected chi connectivity index (χ3v) is 1.71. The molecule has 15 heavy (non-hydrogen) atoms. The van der Waals surface area contributed by atoms with Crippen LogP contribution in [0, 0.1) is 18.8 Å². The molecule has 0 aromatic carbocycles. The summed E-state index contributed by atoms with van der Waals surface area (Å²) in [7, 11) is 0. The average molecular weight is 205 g/mol. The fourth-order valence-electron chi connectivity index (χ4n) is 0.993. The molecule has 1 heterocycles. The molecule has 0 aliphatic heterocycles. The Labute approximate surface area is 87.3 Å². The largest absolute Gasteiger partial charge is 0.456 e. The van der Waals surface area contributed by atoms with Gasteiger partial charge in [0.05, 0.1) is 6.61 Å². The number of esters is 1. The van der Waals surface area contributed by atoms with Gasteiger partial charge in [-0.2, -0.15) is 0 Å². The van der Waals surface area contributed by atoms with Gasteiger partial charge >= 0.3 is 5.97 Å². The number of aromatic amines is 1. The number of nitrogens with one attached hydrogen (secondary N) is 1. The molecule has 1 rings (SSSR count). The van der Waals surface area contributed by atoms with E-state index in [1.165, 1.54) is 12.3 Å². The predicted molar refractivity (Wildman–Crippen MR) is 55.3 cm³/mol. The van der Waals surface area contributed by atoms with Crippen molar-refractivity contribution in [1.82, 2.24) is 4.98 Å². The highest BCUT2D eigenvalue weighted by Gasteiger charge is 1.96. The summed E-state index contributed by atoms with van der Waals surface area (Å²) < 4.78 is 4.64. The topological polar surface area (TPSA) is 59.2 Å². The van der Waals surface area contributed by atoms with Crippen molar-refractivity contribution in [2.75, 3.05) is 6.61 Å². The first-order valence-corrected chi connectivity index (χ1v) is 4.51. The van der Waals surface area contributed by atoms with Crippen molar-refractivity contribution in [2.45, 2.75) is 13.8 Å². The van der Waals surface area contributed by atoms with Crippen LogP contribution in [0.25, 0.3) is 0 Å². The van der Waals surface area contributed by atoms with Crippen molar-refractivity contribution in [3.63, 3.8) is 0 Å². The standard InChI is InChI=1S/C11H11NO3/c1-3-15-11(14)5-4-9-7-12-10(13)6-8(9)2/h6-7H,3H2,1-2H3,(H,12,13). The number of hydrogen-bond acceptors (Lipinski definition) is 3. The zero-order valence-corrected chi connectivity index (χ0v) is 8.59. The molecule has 0 saturated heterocycles. The SMILES string of the molecule is CCOC(=O)C#Cc1c[nH]c(=O)cc1C. The Bertz CT molecular complexity index is 477. The number of ether oxygens (including phenoxy) is 1. The summed E-state index contributed by atoms with van der Waals surface area (Å²) in [5.74, 6) is 4.39. The molecule has 78 valence electrons. The van der Waals surface area contributed by atoms with E-state index < -0.39 is 5.97 Å². The number of carbonyl (C=O) groups excluding carboxylic acids is 1. The highest BCUT2D eigenvalue weighted by atomic mass is 16.5. The van der Waals surface area contributed by atoms with Crippen LogP contribution in [0.3, 0.4) is 0 Å². The van der Waals surface area contributed by atoms with E-state index in [0.717, 1.165) is 5.56 Å². The molecule has 0 spiro atoms. The summed E-state index contributed by atoms with van der Waals surface area (Å²) in [5, 5.41) is 0. The normalized spacial score (nSPS) is 8.93. The van der Waals surface area contributed by atoms with Crippen LogP contribution in [0.1, 0.15) is 18.1 Å². The predicted octanol–water partition coefficient (Wildman–Crippen LogP) is 0.598. The van der Waals surface area contributed by atoms with Crippen molar-refractivity contribution in [3.8, 4) is 11.8 Å². The van der Waals surface area contributed by atoms with Gasteiger partial charge in [0.2, 0.25) is 5.56 Å². The Balaban J connectivity index is 2.89. The zero-order chi connectivity index (χ0) is 11.3. The summed E-state index contributed by atoms with van der Waals surface area (Å²) >= 11 is 0. The van der Waals surface area contributed by atoms with Crippen LogP contribution in [0.2, 0.25) is 0 Å². The van der Waals surface area contributed by atoms with E-state index >= 15 is 0 Å². The molecule has 0 bridgehead atoms. The number of H-pyrrole nitrogens is 1. The lowest BCUT2D eigenvalue weighted by Crippen LogP contribution is -2.05. The fourth-order valence-corrected chi connectivity index (χ4v) is 0.993.